The average molecular weight is 677 g/mol. The van der Waals surface area contributed by atoms with E-state index in [1.54, 1.807) is 14.2 Å². The van der Waals surface area contributed by atoms with Gasteiger partial charge in [-0.05, 0) is 92.0 Å². The number of nitrogens with two attached hydrogens (primary N) is 1. The van der Waals surface area contributed by atoms with E-state index in [0.29, 0.717) is 19.4 Å². The molecule has 0 aromatic heterocycles. The van der Waals surface area contributed by atoms with E-state index in [-0.39, 0.29) is 56.9 Å². The molecule has 0 bridgehead atoms. The summed E-state index contributed by atoms with van der Waals surface area (Å²) < 4.78 is 9.73. The number of unbranched alkanes of at least 4 members (excludes halogenated alkanes) is 4. The van der Waals surface area contributed by atoms with Crippen LogP contribution in [0.2, 0.25) is 0 Å². The molecule has 0 radical (unpaired) electrons. The molecule has 0 aliphatic heterocycles. The molecule has 0 spiro atoms. The summed E-state index contributed by atoms with van der Waals surface area (Å²) in [6.07, 6.45) is 11.3. The van der Waals surface area contributed by atoms with Crippen molar-refractivity contribution in [3.8, 4) is 0 Å². The molecule has 0 aromatic carbocycles. The first-order chi connectivity index (χ1) is 19.1. The van der Waals surface area contributed by atoms with Gasteiger partial charge in [-0.1, -0.05) is 85.1 Å². The molecule has 9 heteroatoms. The van der Waals surface area contributed by atoms with Crippen molar-refractivity contribution >= 4 is 11.9 Å². The zero-order valence-corrected chi connectivity index (χ0v) is 28.7. The predicted molar refractivity (Wildman–Crippen MR) is 210 cm³/mol. The highest BCUT2D eigenvalue weighted by Gasteiger charge is 2.06. The monoisotopic (exact) mass is 677 g/mol. The van der Waals surface area contributed by atoms with E-state index in [1.807, 2.05) is 19.0 Å². The number of carbonyl (C=O) groups excluding carboxylic acids is 2. The first-order valence-corrected chi connectivity index (χ1v) is 15.6. The summed E-state index contributed by atoms with van der Waals surface area (Å²) in [5, 5.41) is 15.1. The third-order valence-electron chi connectivity index (χ3n) is 5.20. The maximum Gasteiger partial charge on any atom is 0.222 e. The van der Waals surface area contributed by atoms with Crippen LogP contribution in [0.4, 0.5) is 0 Å². The third kappa shape index (κ3) is 104. The lowest BCUT2D eigenvalue weighted by Crippen LogP contribution is -2.79. The van der Waals surface area contributed by atoms with Gasteiger partial charge in [0, 0.05) is 53.4 Å². The summed E-state index contributed by atoms with van der Waals surface area (Å²) in [6.45, 7) is 14.6. The smallest absolute Gasteiger partial charge is 0.222 e. The van der Waals surface area contributed by atoms with Gasteiger partial charge in [-0.15, -0.1) is 0 Å². The highest BCUT2D eigenvalue weighted by molar-refractivity contribution is 5.75. The summed E-state index contributed by atoms with van der Waals surface area (Å²) in [5.41, 5.74) is 0. The van der Waals surface area contributed by atoms with Gasteiger partial charge < -0.3 is 39.8 Å². The minimum absolute atomic E-state index is 0. The number of hydrogen-bond acceptors (Lipinski definition) is 7. The fourth-order valence-electron chi connectivity index (χ4n) is 3.03. The van der Waals surface area contributed by atoms with E-state index in [2.05, 4.69) is 64.4 Å². The highest BCUT2D eigenvalue weighted by atomic mass is 16.5. The van der Waals surface area contributed by atoms with Crippen molar-refractivity contribution in [2.75, 3.05) is 88.9 Å². The van der Waals surface area contributed by atoms with Crippen molar-refractivity contribution in [1.82, 2.24) is 15.1 Å². The van der Waals surface area contributed by atoms with Crippen molar-refractivity contribution in [2.45, 2.75) is 149 Å². The van der Waals surface area contributed by atoms with Crippen molar-refractivity contribution in [1.29, 1.82) is 0 Å². The first-order valence-electron chi connectivity index (χ1n) is 15.6. The van der Waals surface area contributed by atoms with Gasteiger partial charge in [0.2, 0.25) is 5.91 Å². The standard InChI is InChI=1S/C11H23NO2.C7H14O3.C5H13N.2C4H11N.6CH4/c1-4-9-12(2)11(13)8-6-5-7-10-14-3;1-10-6-4-2-3-5-7(8)9;1-4-5-6(2)3;2*1-3-4-5-2;;;;;;/h4-10H2,1-3H3;2-6H2,1H3,(H,8,9);4-5H2,1-3H3;2*5H,3-4H2,1-2H3;6*1H4. The Kier molecular flexibility index (Phi) is 122. The molecule has 0 saturated carbocycles. The number of carboxylic acid groups (broad SMARTS) is 1. The van der Waals surface area contributed by atoms with E-state index >= 15 is 0 Å². The predicted octanol–water partition coefficient (Wildman–Crippen LogP) is 6.98. The number of ether oxygens (including phenoxy) is 2. The van der Waals surface area contributed by atoms with Crippen LogP contribution in [0.25, 0.3) is 0 Å². The largest absolute Gasteiger partial charge is 0.550 e. The molecule has 0 aliphatic rings. The molecule has 9 nitrogen and oxygen atoms in total. The molecular formula is C37H96N4O5. The van der Waals surface area contributed by atoms with E-state index in [0.717, 1.165) is 58.2 Å². The van der Waals surface area contributed by atoms with Gasteiger partial charge in [-0.2, -0.15) is 0 Å². The summed E-state index contributed by atoms with van der Waals surface area (Å²) in [4.78, 5) is 25.3. The lowest BCUT2D eigenvalue weighted by Gasteiger charge is -2.15. The quantitative estimate of drug-likeness (QED) is 0.134. The minimum atomic E-state index is -0.961. The number of nitrogens with one attached hydrogen (secondary N) is 1. The first kappa shape index (κ1) is 75.2. The summed E-state index contributed by atoms with van der Waals surface area (Å²) >= 11 is 0. The van der Waals surface area contributed by atoms with Gasteiger partial charge in [0.05, 0.1) is 13.6 Å². The van der Waals surface area contributed by atoms with Crippen LogP contribution >= 0.6 is 0 Å². The molecular weight excluding hydrogens is 580 g/mol. The summed E-state index contributed by atoms with van der Waals surface area (Å²) in [6, 6.07) is 0. The number of aliphatic carboxylic acids is 1. The SMILES string of the molecule is C.C.C.C.C.C.CCCN(C)C.CCCN(C)C(=O)CCCCCOC.CCCNC.CCC[NH2+]C.COCCCCCC(=O)[O-]. The van der Waals surface area contributed by atoms with E-state index in [1.165, 1.54) is 32.4 Å². The molecule has 1 amide bonds. The Bertz CT molecular complexity index is 447. The zero-order valence-electron chi connectivity index (χ0n) is 28.7. The minimum Gasteiger partial charge on any atom is -0.550 e. The van der Waals surface area contributed by atoms with Crippen LogP contribution < -0.4 is 15.7 Å². The van der Waals surface area contributed by atoms with Crippen LogP contribution in [-0.4, -0.2) is 111 Å². The Balaban J connectivity index is -0.0000000380. The van der Waals surface area contributed by atoms with Crippen molar-refractivity contribution in [3.63, 3.8) is 0 Å². The molecule has 0 rings (SSSR count). The summed E-state index contributed by atoms with van der Waals surface area (Å²) in [7, 11) is 13.4. The number of carbonyl (C=O) groups is 2. The molecule has 0 fully saturated rings. The number of quaternary nitrogens is 1. The van der Waals surface area contributed by atoms with Crippen LogP contribution in [0.5, 0.6) is 0 Å². The second-order valence-corrected chi connectivity index (χ2v) is 9.90. The molecule has 0 saturated heterocycles. The zero-order chi connectivity index (χ0) is 31.9. The van der Waals surface area contributed by atoms with E-state index < -0.39 is 5.97 Å². The molecule has 0 unspecified atom stereocenters. The molecule has 294 valence electrons. The lowest BCUT2D eigenvalue weighted by molar-refractivity contribution is -0.626. The van der Waals surface area contributed by atoms with E-state index in [4.69, 9.17) is 9.47 Å². The maximum absolute atomic E-state index is 11.5. The topological polar surface area (TPSA) is 111 Å². The Hall–Kier alpha value is -1.26. The molecule has 0 heterocycles. The fraction of sp³-hybridized carbons (Fsp3) is 0.946. The van der Waals surface area contributed by atoms with Gasteiger partial charge in [0.1, 0.15) is 0 Å². The fourth-order valence-corrected chi connectivity index (χ4v) is 3.03. The van der Waals surface area contributed by atoms with Crippen molar-refractivity contribution in [2.24, 2.45) is 0 Å². The van der Waals surface area contributed by atoms with Gasteiger partial charge in [-0.25, -0.2) is 0 Å². The molecule has 0 aliphatic carbocycles. The van der Waals surface area contributed by atoms with Crippen LogP contribution in [0.1, 0.15) is 149 Å². The number of rotatable bonds is 20. The normalized spacial score (nSPS) is 8.35. The Labute approximate surface area is 294 Å². The lowest BCUT2D eigenvalue weighted by atomic mass is 10.2. The van der Waals surface area contributed by atoms with Crippen molar-refractivity contribution < 1.29 is 29.5 Å². The molecule has 0 aromatic rings. The second-order valence-electron chi connectivity index (χ2n) is 9.90. The van der Waals surface area contributed by atoms with Gasteiger partial charge >= 0.3 is 0 Å². The number of nitrogens with zero attached hydrogens (tertiary/aromatic N) is 2. The van der Waals surface area contributed by atoms with Gasteiger partial charge in [0.15, 0.2) is 0 Å². The number of methoxy groups -OCH3 is 2. The maximum atomic E-state index is 11.5. The Morgan fingerprint density at radius 1 is 0.674 bits per heavy atom. The summed E-state index contributed by atoms with van der Waals surface area (Å²) in [5.74, 6) is -0.693. The van der Waals surface area contributed by atoms with Crippen LogP contribution in [0.15, 0.2) is 0 Å². The Morgan fingerprint density at radius 3 is 1.33 bits per heavy atom. The number of hydrogen-bond donors (Lipinski definition) is 2. The molecule has 0 atom stereocenters. The van der Waals surface area contributed by atoms with Gasteiger partial charge in [0.25, 0.3) is 0 Å². The van der Waals surface area contributed by atoms with Gasteiger partial charge in [-0.3, -0.25) is 4.79 Å². The Morgan fingerprint density at radius 2 is 1.11 bits per heavy atom. The van der Waals surface area contributed by atoms with Crippen LogP contribution in [0.3, 0.4) is 0 Å². The van der Waals surface area contributed by atoms with E-state index in [9.17, 15) is 14.7 Å². The second kappa shape index (κ2) is 74.5. The molecule has 46 heavy (non-hydrogen) atoms. The molecule has 3 N–H and O–H groups in total. The van der Waals surface area contributed by atoms with Crippen molar-refractivity contribution in [3.05, 3.63) is 0 Å². The van der Waals surface area contributed by atoms with Crippen LogP contribution in [0, 0.1) is 0 Å². The number of carboxylic acids is 1. The van der Waals surface area contributed by atoms with Crippen LogP contribution in [-0.2, 0) is 19.1 Å². The highest BCUT2D eigenvalue weighted by Crippen LogP contribution is 2.03. The third-order valence-corrected chi connectivity index (χ3v) is 5.20. The average Bonchev–Trinajstić information content (AvgIpc) is 2.90. The number of amides is 1.